The van der Waals surface area contributed by atoms with Crippen molar-refractivity contribution >= 4 is 27.3 Å². The van der Waals surface area contributed by atoms with Crippen molar-refractivity contribution < 1.29 is 13.2 Å². The summed E-state index contributed by atoms with van der Waals surface area (Å²) < 4.78 is 27.7. The van der Waals surface area contributed by atoms with Crippen LogP contribution in [0.15, 0.2) is 53.4 Å². The van der Waals surface area contributed by atoms with Crippen LogP contribution in [0.1, 0.15) is 31.2 Å². The zero-order valence-corrected chi connectivity index (χ0v) is 16.1. The zero-order valence-electron chi connectivity index (χ0n) is 15.3. The van der Waals surface area contributed by atoms with E-state index in [1.165, 1.54) is 12.1 Å². The summed E-state index contributed by atoms with van der Waals surface area (Å²) in [7, 11) is -3.69. The van der Waals surface area contributed by atoms with Crippen LogP contribution < -0.4 is 15.8 Å². The fraction of sp³-hybridized carbons (Fsp3) is 0.350. The van der Waals surface area contributed by atoms with E-state index >= 15 is 0 Å². The highest BCUT2D eigenvalue weighted by atomic mass is 32.2. The number of aryl methyl sites for hydroxylation is 1. The van der Waals surface area contributed by atoms with Crippen LogP contribution in [-0.4, -0.2) is 20.4 Å². The van der Waals surface area contributed by atoms with Crippen molar-refractivity contribution in [1.82, 2.24) is 0 Å². The summed E-state index contributed by atoms with van der Waals surface area (Å²) in [5.41, 5.74) is 7.80. The van der Waals surface area contributed by atoms with Gasteiger partial charge >= 0.3 is 0 Å². The maximum Gasteiger partial charge on any atom is 0.261 e. The lowest BCUT2D eigenvalue weighted by molar-refractivity contribution is -0.117. The van der Waals surface area contributed by atoms with E-state index in [0.717, 1.165) is 24.8 Å². The Balaban J connectivity index is 1.71. The molecule has 0 aliphatic heterocycles. The molecule has 0 saturated heterocycles. The van der Waals surface area contributed by atoms with Gasteiger partial charge in [-0.2, -0.15) is 0 Å². The molecular weight excluding hydrogens is 362 g/mol. The Labute approximate surface area is 160 Å². The second kappa shape index (κ2) is 8.10. The zero-order chi connectivity index (χ0) is 19.4. The van der Waals surface area contributed by atoms with E-state index in [0.29, 0.717) is 17.8 Å². The van der Waals surface area contributed by atoms with Crippen LogP contribution in [0.5, 0.6) is 0 Å². The molecule has 7 heteroatoms. The molecule has 4 N–H and O–H groups in total. The maximum atomic E-state index is 12.5. The molecule has 1 aliphatic carbocycles. The Hall–Kier alpha value is -2.38. The first kappa shape index (κ1) is 19.4. The van der Waals surface area contributed by atoms with Gasteiger partial charge in [0.1, 0.15) is 0 Å². The van der Waals surface area contributed by atoms with Crippen LogP contribution in [0.4, 0.5) is 11.4 Å². The van der Waals surface area contributed by atoms with Gasteiger partial charge in [-0.1, -0.05) is 30.7 Å². The first-order valence-electron chi connectivity index (χ1n) is 9.09. The number of benzene rings is 2. The predicted molar refractivity (Wildman–Crippen MR) is 107 cm³/mol. The highest BCUT2D eigenvalue weighted by Gasteiger charge is 2.26. The van der Waals surface area contributed by atoms with Crippen molar-refractivity contribution in [2.75, 3.05) is 10.0 Å². The Morgan fingerprint density at radius 1 is 1.15 bits per heavy atom. The molecule has 144 valence electrons. The highest BCUT2D eigenvalue weighted by molar-refractivity contribution is 7.92. The van der Waals surface area contributed by atoms with Crippen LogP contribution in [0, 0.1) is 12.8 Å². The molecule has 1 aliphatic rings. The molecule has 0 spiro atoms. The Morgan fingerprint density at radius 2 is 1.89 bits per heavy atom. The van der Waals surface area contributed by atoms with E-state index in [4.69, 9.17) is 5.73 Å². The molecule has 6 nitrogen and oxygen atoms in total. The third-order valence-electron chi connectivity index (χ3n) is 4.98. The summed E-state index contributed by atoms with van der Waals surface area (Å²) in [5, 5.41) is 2.85. The molecule has 2 aromatic carbocycles. The quantitative estimate of drug-likeness (QED) is 0.708. The molecule has 27 heavy (non-hydrogen) atoms. The van der Waals surface area contributed by atoms with Crippen LogP contribution in [0.2, 0.25) is 0 Å². The average molecular weight is 388 g/mol. The van der Waals surface area contributed by atoms with Gasteiger partial charge in [0.25, 0.3) is 10.0 Å². The predicted octanol–water partition coefficient (Wildman–Crippen LogP) is 3.25. The number of carbonyl (C=O) groups excluding carboxylic acids is 1. The van der Waals surface area contributed by atoms with E-state index in [1.54, 1.807) is 36.4 Å². The normalized spacial score (nSPS) is 19.6. The minimum Gasteiger partial charge on any atom is -0.327 e. The lowest BCUT2D eigenvalue weighted by Gasteiger charge is -2.16. The van der Waals surface area contributed by atoms with Gasteiger partial charge in [-0.15, -0.1) is 0 Å². The molecule has 1 fully saturated rings. The number of hydrogen-bond acceptors (Lipinski definition) is 4. The molecule has 1 amide bonds. The minimum atomic E-state index is -3.69. The minimum absolute atomic E-state index is 0.0852. The topological polar surface area (TPSA) is 101 Å². The fourth-order valence-electron chi connectivity index (χ4n) is 3.38. The molecule has 0 heterocycles. The van der Waals surface area contributed by atoms with E-state index < -0.39 is 10.0 Å². The highest BCUT2D eigenvalue weighted by Crippen LogP contribution is 2.28. The number of nitrogens with two attached hydrogens (primary N) is 1. The molecule has 1 saturated carbocycles. The van der Waals surface area contributed by atoms with Crippen molar-refractivity contribution in [3.05, 3.63) is 54.1 Å². The third-order valence-corrected chi connectivity index (χ3v) is 6.37. The van der Waals surface area contributed by atoms with Gasteiger partial charge in [0.05, 0.1) is 10.6 Å². The summed E-state index contributed by atoms with van der Waals surface area (Å²) in [4.78, 5) is 12.5. The Morgan fingerprint density at radius 3 is 2.56 bits per heavy atom. The van der Waals surface area contributed by atoms with Crippen LogP contribution in [0.25, 0.3) is 0 Å². The van der Waals surface area contributed by atoms with Crippen molar-refractivity contribution in [1.29, 1.82) is 0 Å². The lowest BCUT2D eigenvalue weighted by Crippen LogP contribution is -2.28. The van der Waals surface area contributed by atoms with Gasteiger partial charge in [0.2, 0.25) is 5.91 Å². The van der Waals surface area contributed by atoms with Crippen LogP contribution in [-0.2, 0) is 14.8 Å². The SMILES string of the molecule is Cc1ccc(NC(=O)C[C@@H]2CCC[C@H]2N)cc1NS(=O)(=O)c1ccccc1. The van der Waals surface area contributed by atoms with Crippen molar-refractivity contribution in [2.45, 2.75) is 43.5 Å². The number of sulfonamides is 1. The lowest BCUT2D eigenvalue weighted by atomic mass is 10.00. The molecular formula is C20H25N3O3S. The van der Waals surface area contributed by atoms with Gasteiger partial charge < -0.3 is 11.1 Å². The largest absolute Gasteiger partial charge is 0.327 e. The third kappa shape index (κ3) is 4.87. The summed E-state index contributed by atoms with van der Waals surface area (Å²) >= 11 is 0. The molecule has 3 rings (SSSR count). The summed E-state index contributed by atoms with van der Waals surface area (Å²) in [5.74, 6) is 0.115. The number of nitrogens with one attached hydrogen (secondary N) is 2. The molecule has 0 radical (unpaired) electrons. The Bertz CT molecular complexity index is 913. The number of anilines is 2. The maximum absolute atomic E-state index is 12.5. The second-order valence-electron chi connectivity index (χ2n) is 7.06. The average Bonchev–Trinajstić information content (AvgIpc) is 3.03. The summed E-state index contributed by atoms with van der Waals surface area (Å²) in [6, 6.07) is 13.4. The molecule has 2 aromatic rings. The van der Waals surface area contributed by atoms with E-state index in [9.17, 15) is 13.2 Å². The molecule has 0 aromatic heterocycles. The van der Waals surface area contributed by atoms with E-state index in [2.05, 4.69) is 10.0 Å². The smallest absolute Gasteiger partial charge is 0.261 e. The molecule has 0 bridgehead atoms. The number of carbonyl (C=O) groups is 1. The standard InChI is InChI=1S/C20H25N3O3S/c1-14-10-11-16(22-20(24)12-15-6-5-9-18(15)21)13-19(14)23-27(25,26)17-7-3-2-4-8-17/h2-4,7-8,10-11,13,15,18,23H,5-6,9,12,21H2,1H3,(H,22,24)/t15-,18+/m0/s1. The summed E-state index contributed by atoms with van der Waals surface area (Å²) in [6.45, 7) is 1.81. The Kier molecular flexibility index (Phi) is 5.82. The van der Waals surface area contributed by atoms with Gasteiger partial charge in [-0.3, -0.25) is 9.52 Å². The first-order chi connectivity index (χ1) is 12.8. The number of hydrogen-bond donors (Lipinski definition) is 3. The van der Waals surface area contributed by atoms with E-state index in [-0.39, 0.29) is 22.8 Å². The van der Waals surface area contributed by atoms with Crippen molar-refractivity contribution in [3.8, 4) is 0 Å². The number of rotatable bonds is 6. The van der Waals surface area contributed by atoms with Gasteiger partial charge in [0.15, 0.2) is 0 Å². The molecule has 2 atom stereocenters. The monoisotopic (exact) mass is 387 g/mol. The van der Waals surface area contributed by atoms with Crippen molar-refractivity contribution in [2.24, 2.45) is 11.7 Å². The first-order valence-corrected chi connectivity index (χ1v) is 10.6. The fourth-order valence-corrected chi connectivity index (χ4v) is 4.52. The molecule has 0 unspecified atom stereocenters. The van der Waals surface area contributed by atoms with Gasteiger partial charge in [0, 0.05) is 18.2 Å². The van der Waals surface area contributed by atoms with Crippen LogP contribution >= 0.6 is 0 Å². The van der Waals surface area contributed by atoms with Crippen LogP contribution in [0.3, 0.4) is 0 Å². The van der Waals surface area contributed by atoms with Crippen molar-refractivity contribution in [3.63, 3.8) is 0 Å². The summed E-state index contributed by atoms with van der Waals surface area (Å²) in [6.07, 6.45) is 3.40. The van der Waals surface area contributed by atoms with E-state index in [1.807, 2.05) is 6.92 Å². The second-order valence-corrected chi connectivity index (χ2v) is 8.74. The number of amides is 1. The van der Waals surface area contributed by atoms with Gasteiger partial charge in [-0.05, 0) is 55.5 Å². The van der Waals surface area contributed by atoms with Gasteiger partial charge in [-0.25, -0.2) is 8.42 Å².